The van der Waals surface area contributed by atoms with Gasteiger partial charge in [-0.15, -0.1) is 0 Å². The molecule has 5 heteroatoms. The van der Waals surface area contributed by atoms with Crippen LogP contribution in [0.25, 0.3) is 0 Å². The summed E-state index contributed by atoms with van der Waals surface area (Å²) in [6, 6.07) is 8.92. The Morgan fingerprint density at radius 2 is 1.93 bits per heavy atom. The largest absolute Gasteiger partial charge is 0.497 e. The molecule has 1 aliphatic carbocycles. The van der Waals surface area contributed by atoms with Crippen molar-refractivity contribution in [3.63, 3.8) is 0 Å². The number of amides is 1. The van der Waals surface area contributed by atoms with Gasteiger partial charge in [0, 0.05) is 45.3 Å². The highest BCUT2D eigenvalue weighted by Crippen LogP contribution is 2.32. The number of carbonyl (C=O) groups excluding carboxylic acids is 1. The highest BCUT2D eigenvalue weighted by atomic mass is 16.5. The van der Waals surface area contributed by atoms with Crippen molar-refractivity contribution < 1.29 is 9.53 Å². The highest BCUT2D eigenvalue weighted by molar-refractivity contribution is 5.85. The molecule has 0 radical (unpaired) electrons. The molecule has 2 saturated heterocycles. The van der Waals surface area contributed by atoms with Gasteiger partial charge < -0.3 is 15.0 Å². The Labute approximate surface area is 169 Å². The molecule has 2 heterocycles. The van der Waals surface area contributed by atoms with Crippen LogP contribution in [-0.4, -0.2) is 68.1 Å². The van der Waals surface area contributed by atoms with Gasteiger partial charge in [-0.3, -0.25) is 9.69 Å². The summed E-state index contributed by atoms with van der Waals surface area (Å²) in [7, 11) is 1.69. The van der Waals surface area contributed by atoms with Crippen LogP contribution in [0.5, 0.6) is 5.75 Å². The molecule has 5 nitrogen and oxygen atoms in total. The van der Waals surface area contributed by atoms with Crippen LogP contribution in [0.3, 0.4) is 0 Å². The Hall–Kier alpha value is -1.59. The topological polar surface area (TPSA) is 44.8 Å². The Morgan fingerprint density at radius 3 is 2.64 bits per heavy atom. The van der Waals surface area contributed by atoms with Crippen LogP contribution in [0.15, 0.2) is 24.3 Å². The van der Waals surface area contributed by atoms with E-state index < -0.39 is 0 Å². The quantitative estimate of drug-likeness (QED) is 0.846. The van der Waals surface area contributed by atoms with Gasteiger partial charge in [0.15, 0.2) is 0 Å². The lowest BCUT2D eigenvalue weighted by Gasteiger charge is -2.44. The van der Waals surface area contributed by atoms with E-state index in [4.69, 9.17) is 4.74 Å². The lowest BCUT2D eigenvalue weighted by Crippen LogP contribution is -2.63. The zero-order chi connectivity index (χ0) is 19.4. The summed E-state index contributed by atoms with van der Waals surface area (Å²) in [6.07, 6.45) is 8.73. The van der Waals surface area contributed by atoms with E-state index in [2.05, 4.69) is 27.2 Å². The first-order valence-electron chi connectivity index (χ1n) is 11.1. The van der Waals surface area contributed by atoms with Gasteiger partial charge >= 0.3 is 0 Å². The number of hydrogen-bond donors (Lipinski definition) is 1. The molecule has 28 heavy (non-hydrogen) atoms. The van der Waals surface area contributed by atoms with Crippen molar-refractivity contribution in [2.24, 2.45) is 5.41 Å². The van der Waals surface area contributed by atoms with Crippen LogP contribution in [0, 0.1) is 5.41 Å². The van der Waals surface area contributed by atoms with Crippen molar-refractivity contribution in [2.45, 2.75) is 51.0 Å². The molecular formula is C23H35N3O2. The van der Waals surface area contributed by atoms with Gasteiger partial charge in [-0.2, -0.15) is 0 Å². The third-order valence-electron chi connectivity index (χ3n) is 6.97. The Morgan fingerprint density at radius 1 is 1.11 bits per heavy atom. The minimum absolute atomic E-state index is 0.285. The molecule has 0 atom stereocenters. The van der Waals surface area contributed by atoms with Gasteiger partial charge in [-0.05, 0) is 43.4 Å². The zero-order valence-electron chi connectivity index (χ0n) is 17.3. The fourth-order valence-corrected chi connectivity index (χ4v) is 5.24. The molecule has 1 amide bonds. The van der Waals surface area contributed by atoms with Gasteiger partial charge in [-0.1, -0.05) is 31.4 Å². The molecule has 1 saturated carbocycles. The number of carbonyl (C=O) groups is 1. The van der Waals surface area contributed by atoms with Gasteiger partial charge in [0.1, 0.15) is 5.75 Å². The van der Waals surface area contributed by atoms with Gasteiger partial charge in [0.05, 0.1) is 12.5 Å². The third-order valence-corrected chi connectivity index (χ3v) is 6.97. The number of hydrogen-bond acceptors (Lipinski definition) is 4. The average Bonchev–Trinajstić information content (AvgIpc) is 2.97. The van der Waals surface area contributed by atoms with Gasteiger partial charge in [0.2, 0.25) is 5.91 Å². The maximum atomic E-state index is 13.5. The average molecular weight is 386 g/mol. The van der Waals surface area contributed by atoms with E-state index in [-0.39, 0.29) is 5.41 Å². The van der Waals surface area contributed by atoms with Crippen LogP contribution >= 0.6 is 0 Å². The number of methoxy groups -OCH3 is 1. The fraction of sp³-hybridized carbons (Fsp3) is 0.696. The maximum Gasteiger partial charge on any atom is 0.231 e. The van der Waals surface area contributed by atoms with Crippen molar-refractivity contribution in [1.82, 2.24) is 15.1 Å². The summed E-state index contributed by atoms with van der Waals surface area (Å²) < 4.78 is 5.37. The molecule has 0 aromatic heterocycles. The van der Waals surface area contributed by atoms with E-state index in [1.54, 1.807) is 7.11 Å². The summed E-state index contributed by atoms with van der Waals surface area (Å²) in [6.45, 7) is 5.55. The summed E-state index contributed by atoms with van der Waals surface area (Å²) in [5.74, 6) is 1.21. The first-order chi connectivity index (χ1) is 13.7. The van der Waals surface area contributed by atoms with Crippen molar-refractivity contribution in [2.75, 3.05) is 46.4 Å². The minimum Gasteiger partial charge on any atom is -0.497 e. The Balaban J connectivity index is 1.40. The third kappa shape index (κ3) is 4.20. The van der Waals surface area contributed by atoms with E-state index in [0.717, 1.165) is 63.9 Å². The normalized spacial score (nSPS) is 23.7. The van der Waals surface area contributed by atoms with Crippen molar-refractivity contribution in [3.05, 3.63) is 29.8 Å². The molecule has 0 bridgehead atoms. The Bertz CT molecular complexity index is 668. The number of benzene rings is 1. The fourth-order valence-electron chi connectivity index (χ4n) is 5.24. The summed E-state index contributed by atoms with van der Waals surface area (Å²) in [5, 5.41) is 3.36. The van der Waals surface area contributed by atoms with E-state index in [1.807, 2.05) is 12.1 Å². The first kappa shape index (κ1) is 19.7. The molecular weight excluding hydrogens is 350 g/mol. The van der Waals surface area contributed by atoms with Gasteiger partial charge in [0.25, 0.3) is 0 Å². The number of nitrogens with zero attached hydrogens (tertiary/aromatic N) is 2. The second kappa shape index (κ2) is 8.83. The molecule has 0 unspecified atom stereocenters. The number of rotatable bonds is 5. The molecule has 1 aromatic carbocycles. The monoisotopic (exact) mass is 385 g/mol. The van der Waals surface area contributed by atoms with Crippen LogP contribution in [0.1, 0.15) is 44.1 Å². The summed E-state index contributed by atoms with van der Waals surface area (Å²) in [4.78, 5) is 18.4. The number of ether oxygens (including phenoxy) is 1. The lowest BCUT2D eigenvalue weighted by molar-refractivity contribution is -0.145. The van der Waals surface area contributed by atoms with E-state index in [9.17, 15) is 4.79 Å². The lowest BCUT2D eigenvalue weighted by atomic mass is 9.75. The maximum absolute atomic E-state index is 13.5. The molecule has 154 valence electrons. The smallest absolute Gasteiger partial charge is 0.231 e. The standard InChI is InChI=1S/C23H35N3O2/c1-28-21-10-5-7-19(15-21)16-23(17-24-18-23)22(27)26-12-6-11-25(13-14-26)20-8-3-2-4-9-20/h5,7,10,15,20,24H,2-4,6,8-9,11-14,16-18H2,1H3. The SMILES string of the molecule is COc1cccc(CC2(C(=O)N3CCCN(C4CCCCC4)CC3)CNC2)c1. The van der Waals surface area contributed by atoms with Crippen molar-refractivity contribution in [1.29, 1.82) is 0 Å². The summed E-state index contributed by atoms with van der Waals surface area (Å²) >= 11 is 0. The highest BCUT2D eigenvalue weighted by Gasteiger charge is 2.46. The molecule has 0 spiro atoms. The second-order valence-electron chi connectivity index (χ2n) is 8.89. The van der Waals surface area contributed by atoms with E-state index in [0.29, 0.717) is 5.91 Å². The van der Waals surface area contributed by atoms with Crippen molar-refractivity contribution >= 4 is 5.91 Å². The van der Waals surface area contributed by atoms with E-state index >= 15 is 0 Å². The second-order valence-corrected chi connectivity index (χ2v) is 8.89. The zero-order valence-corrected chi connectivity index (χ0v) is 17.3. The predicted octanol–water partition coefficient (Wildman–Crippen LogP) is 2.69. The molecule has 3 fully saturated rings. The first-order valence-corrected chi connectivity index (χ1v) is 11.1. The van der Waals surface area contributed by atoms with Crippen molar-refractivity contribution in [3.8, 4) is 5.75 Å². The molecule has 1 N–H and O–H groups in total. The predicted molar refractivity (Wildman–Crippen MR) is 112 cm³/mol. The van der Waals surface area contributed by atoms with Crippen LogP contribution in [-0.2, 0) is 11.2 Å². The van der Waals surface area contributed by atoms with Gasteiger partial charge in [-0.25, -0.2) is 0 Å². The Kier molecular flexibility index (Phi) is 6.22. The summed E-state index contributed by atoms with van der Waals surface area (Å²) in [5.41, 5.74) is 0.902. The van der Waals surface area contributed by atoms with Crippen LogP contribution in [0.2, 0.25) is 0 Å². The van der Waals surface area contributed by atoms with E-state index in [1.165, 1.54) is 37.7 Å². The molecule has 1 aromatic rings. The van der Waals surface area contributed by atoms with Crippen LogP contribution < -0.4 is 10.1 Å². The minimum atomic E-state index is -0.285. The van der Waals surface area contributed by atoms with Crippen LogP contribution in [0.4, 0.5) is 0 Å². The number of nitrogens with one attached hydrogen (secondary N) is 1. The molecule has 3 aliphatic rings. The molecule has 4 rings (SSSR count). The molecule has 2 aliphatic heterocycles.